The molecule has 5 rings (SSSR count). The van der Waals surface area contributed by atoms with Crippen LogP contribution in [0.3, 0.4) is 0 Å². The van der Waals surface area contributed by atoms with E-state index in [1.807, 2.05) is 96.9 Å². The summed E-state index contributed by atoms with van der Waals surface area (Å²) in [5, 5.41) is 0. The van der Waals surface area contributed by atoms with Crippen LogP contribution < -0.4 is 0 Å². The van der Waals surface area contributed by atoms with Gasteiger partial charge in [-0.1, -0.05) is 270 Å². The Labute approximate surface area is 483 Å². The molecule has 0 spiro atoms. The highest BCUT2D eigenvalue weighted by molar-refractivity contribution is 5.16. The predicted molar refractivity (Wildman–Crippen MR) is 353 cm³/mol. The zero-order valence-electron chi connectivity index (χ0n) is 54.9. The van der Waals surface area contributed by atoms with Gasteiger partial charge in [-0.25, -0.2) is 0 Å². The van der Waals surface area contributed by atoms with Crippen molar-refractivity contribution in [3.63, 3.8) is 0 Å². The van der Waals surface area contributed by atoms with Gasteiger partial charge in [0.15, 0.2) is 0 Å². The van der Waals surface area contributed by atoms with Crippen LogP contribution in [-0.2, 0) is 32.1 Å². The van der Waals surface area contributed by atoms with E-state index in [-0.39, 0.29) is 14.9 Å². The van der Waals surface area contributed by atoms with E-state index >= 15 is 0 Å². The van der Waals surface area contributed by atoms with Crippen LogP contribution in [0.1, 0.15) is 257 Å². The van der Waals surface area contributed by atoms with Crippen molar-refractivity contribution in [3.8, 4) is 0 Å². The summed E-state index contributed by atoms with van der Waals surface area (Å²) in [7, 11) is 0. The summed E-state index contributed by atoms with van der Waals surface area (Å²) in [5.74, 6) is 0. The fourth-order valence-electron chi connectivity index (χ4n) is 5.92. The molecule has 0 aliphatic rings. The molecule has 0 fully saturated rings. The molecule has 444 valence electrons. The van der Waals surface area contributed by atoms with Crippen molar-refractivity contribution in [3.05, 3.63) is 163 Å². The van der Waals surface area contributed by atoms with Gasteiger partial charge in [-0.15, -0.1) is 0 Å². The molecule has 4 aromatic heterocycles. The van der Waals surface area contributed by atoms with E-state index in [0.29, 0.717) is 37.9 Å². The third-order valence-corrected chi connectivity index (χ3v) is 9.31. The van der Waals surface area contributed by atoms with Gasteiger partial charge >= 0.3 is 0 Å². The van der Waals surface area contributed by atoms with Crippen molar-refractivity contribution in [1.82, 2.24) is 24.9 Å². The lowest BCUT2D eigenvalue weighted by atomic mass is 9.88. The fraction of sp³-hybridized carbons (Fsp3) is 0.625. The van der Waals surface area contributed by atoms with Crippen LogP contribution in [0.5, 0.6) is 0 Å². The molecule has 0 radical (unpaired) electrons. The van der Waals surface area contributed by atoms with Gasteiger partial charge in [0.25, 0.3) is 0 Å². The van der Waals surface area contributed by atoms with Crippen LogP contribution in [0.15, 0.2) is 135 Å². The van der Waals surface area contributed by atoms with Gasteiger partial charge in [-0.05, 0) is 130 Å². The second kappa shape index (κ2) is 47.5. The molecule has 0 saturated carbocycles. The monoisotopic (exact) mass is 1070 g/mol. The third-order valence-electron chi connectivity index (χ3n) is 9.31. The molecular weight excluding hydrogens is 935 g/mol. The Kier molecular flexibility index (Phi) is 53.3. The van der Waals surface area contributed by atoms with Crippen molar-refractivity contribution in [2.75, 3.05) is 0 Å². The van der Waals surface area contributed by atoms with Crippen LogP contribution in [0, 0.1) is 37.9 Å². The number of pyridine rings is 3. The first kappa shape index (κ1) is 86.4. The van der Waals surface area contributed by atoms with Gasteiger partial charge < -0.3 is 0 Å². The summed E-state index contributed by atoms with van der Waals surface area (Å²) in [6.45, 7) is 63.2. The molecule has 0 bridgehead atoms. The van der Waals surface area contributed by atoms with E-state index < -0.39 is 0 Å². The summed E-state index contributed by atoms with van der Waals surface area (Å²) < 4.78 is 0. The molecule has 0 N–H and O–H groups in total. The fourth-order valence-corrected chi connectivity index (χ4v) is 5.92. The van der Waals surface area contributed by atoms with Gasteiger partial charge in [-0.3, -0.25) is 24.9 Å². The maximum absolute atomic E-state index is 4.26. The molecule has 1 aromatic carbocycles. The number of aromatic nitrogens is 5. The molecule has 0 amide bonds. The maximum Gasteiger partial charge on any atom is 0.0591 e. The molecule has 5 nitrogen and oxygen atoms in total. The quantitative estimate of drug-likeness (QED) is 0.159. The van der Waals surface area contributed by atoms with Crippen LogP contribution in [0.2, 0.25) is 0 Å². The van der Waals surface area contributed by atoms with Crippen molar-refractivity contribution in [2.24, 2.45) is 37.9 Å². The summed E-state index contributed by atoms with van der Waals surface area (Å²) in [5.41, 5.74) is 9.16. The first-order valence-electron chi connectivity index (χ1n) is 28.6. The number of hydrogen-bond donors (Lipinski definition) is 0. The van der Waals surface area contributed by atoms with E-state index in [1.165, 1.54) is 35.2 Å². The second-order valence-corrected chi connectivity index (χ2v) is 26.7. The Hall–Kier alpha value is -4.51. The highest BCUT2D eigenvalue weighted by atomic mass is 14.8. The predicted octanol–water partition coefficient (Wildman–Crippen LogP) is 23.1. The minimum absolute atomic E-state index is 0. The lowest BCUT2D eigenvalue weighted by Gasteiger charge is -2.17. The van der Waals surface area contributed by atoms with Crippen molar-refractivity contribution >= 4 is 0 Å². The third kappa shape index (κ3) is 73.6. The number of allylic oxidation sites excluding steroid dienone is 2. The Balaban J connectivity index is -0.000000146. The van der Waals surface area contributed by atoms with E-state index in [4.69, 9.17) is 0 Å². The second-order valence-electron chi connectivity index (χ2n) is 26.7. The largest absolute Gasteiger partial charge is 0.265 e. The van der Waals surface area contributed by atoms with Crippen molar-refractivity contribution in [1.29, 1.82) is 0 Å². The number of hydrogen-bond acceptors (Lipinski definition) is 5. The average Bonchev–Trinajstić information content (AvgIpc) is 3.30. The van der Waals surface area contributed by atoms with Gasteiger partial charge in [-0.2, -0.15) is 0 Å². The number of rotatable bonds is 6. The average molecular weight is 1070 g/mol. The molecule has 4 heterocycles. The summed E-state index contributed by atoms with van der Waals surface area (Å²) in [6.07, 6.45) is 26.7. The molecule has 0 atom stereocenters. The first-order chi connectivity index (χ1) is 34.5. The number of nitrogens with zero attached hydrogens (tertiary/aromatic N) is 5. The minimum Gasteiger partial charge on any atom is -0.265 e. The zero-order chi connectivity index (χ0) is 59.4. The van der Waals surface area contributed by atoms with Crippen molar-refractivity contribution < 1.29 is 0 Å². The molecule has 77 heavy (non-hydrogen) atoms. The lowest BCUT2D eigenvalue weighted by molar-refractivity contribution is 0.398. The molecular formula is C72H131N5. The van der Waals surface area contributed by atoms with Gasteiger partial charge in [0.1, 0.15) is 0 Å². The molecule has 0 saturated heterocycles. The van der Waals surface area contributed by atoms with E-state index in [0.717, 1.165) is 37.8 Å². The summed E-state index contributed by atoms with van der Waals surface area (Å²) in [4.78, 5) is 20.5. The Morgan fingerprint density at radius 3 is 1.04 bits per heavy atom. The van der Waals surface area contributed by atoms with Crippen LogP contribution in [-0.4, -0.2) is 24.9 Å². The Morgan fingerprint density at radius 2 is 0.714 bits per heavy atom. The first-order valence-corrected chi connectivity index (χ1v) is 28.6. The molecule has 5 aromatic rings. The van der Waals surface area contributed by atoms with E-state index in [9.17, 15) is 0 Å². The molecule has 0 aliphatic carbocycles. The van der Waals surface area contributed by atoms with Gasteiger partial charge in [0.05, 0.1) is 5.69 Å². The normalized spacial score (nSPS) is 10.8. The lowest BCUT2D eigenvalue weighted by Crippen LogP contribution is -2.10. The maximum atomic E-state index is 4.26. The number of benzene rings is 1. The Morgan fingerprint density at radius 1 is 0.338 bits per heavy atom. The van der Waals surface area contributed by atoms with Crippen LogP contribution in [0.25, 0.3) is 0 Å². The van der Waals surface area contributed by atoms with Crippen LogP contribution in [0.4, 0.5) is 0 Å². The van der Waals surface area contributed by atoms with Crippen molar-refractivity contribution in [2.45, 2.75) is 261 Å². The standard InChI is InChI=1S/C11H16.3C10H15N.C9H14N2.C8H16.C6H14.3C2H6.2CH4/c1-11(2,3)9-10-7-5-4-6-8-10;1-10(2,3)8-9-4-6-11-7-5-9;1-10(2,3)7-9-5-4-6-11-8-9;1-10(2,3)8-9-6-4-5-7-11-9;1-9(2,3)6-8-7-10-4-5-11-8;1-5-6-7-8(2,3)4;1-5-6(2,3)4;3*1-2;;/h4-8H,9H2,1-3H3;4-7H,8H2,1-3H3;4-6,8H,7H2,1-3H3;4-7H,8H2,1-3H3;4-5,7H,6H2,1-3H3;5-6H,7H2,1-4H3;5H2,1-4H3;3*1-2H3;2*1H4/b;;;;;6-5+;;;;;;. The molecule has 0 aliphatic heterocycles. The minimum atomic E-state index is 0. The smallest absolute Gasteiger partial charge is 0.0591 e. The molecule has 0 unspecified atom stereocenters. The van der Waals surface area contributed by atoms with E-state index in [2.05, 4.69) is 251 Å². The zero-order valence-corrected chi connectivity index (χ0v) is 54.9. The summed E-state index contributed by atoms with van der Waals surface area (Å²) >= 11 is 0. The van der Waals surface area contributed by atoms with Gasteiger partial charge in [0.2, 0.25) is 0 Å². The SMILES string of the molecule is C.C.C/C=C/CC(C)(C)C.CC.CC.CC.CC(C)(C)Cc1ccccc1.CC(C)(C)Cc1ccccn1.CC(C)(C)Cc1cccnc1.CC(C)(C)Cc1ccncc1.CC(C)(C)Cc1cnccn1.CCC(C)(C)C. The highest BCUT2D eigenvalue weighted by Crippen LogP contribution is 2.23. The Bertz CT molecular complexity index is 1640. The van der Waals surface area contributed by atoms with Gasteiger partial charge in [0, 0.05) is 55.3 Å². The molecule has 5 heteroatoms. The topological polar surface area (TPSA) is 64.5 Å². The highest BCUT2D eigenvalue weighted by Gasteiger charge is 2.14. The van der Waals surface area contributed by atoms with Crippen LogP contribution >= 0.6 is 0 Å². The van der Waals surface area contributed by atoms with E-state index in [1.54, 1.807) is 12.4 Å². The summed E-state index contributed by atoms with van der Waals surface area (Å²) in [6, 6.07) is 25.0.